The lowest BCUT2D eigenvalue weighted by Crippen LogP contribution is -2.41. The number of sulfonamides is 1. The van der Waals surface area contributed by atoms with E-state index in [0.29, 0.717) is 24.2 Å². The van der Waals surface area contributed by atoms with Gasteiger partial charge in [0.15, 0.2) is 0 Å². The normalized spacial score (nSPS) is 11.2. The van der Waals surface area contributed by atoms with Gasteiger partial charge in [-0.25, -0.2) is 8.42 Å². The molecule has 8 heteroatoms. The molecule has 0 bridgehead atoms. The summed E-state index contributed by atoms with van der Waals surface area (Å²) in [6.45, 7) is 0.00764. The molecule has 0 saturated heterocycles. The Morgan fingerprint density at radius 3 is 2.41 bits per heavy atom. The average Bonchev–Trinajstić information content (AvgIpc) is 2.88. The van der Waals surface area contributed by atoms with Crippen LogP contribution in [0.15, 0.2) is 96.0 Å². The van der Waals surface area contributed by atoms with Crippen molar-refractivity contribution in [2.24, 2.45) is 0 Å². The number of hydrogen-bond donors (Lipinski definition) is 1. The van der Waals surface area contributed by atoms with Gasteiger partial charge in [0, 0.05) is 18.1 Å². The maximum atomic E-state index is 13.6. The van der Waals surface area contributed by atoms with Crippen molar-refractivity contribution in [1.82, 2.24) is 10.3 Å². The van der Waals surface area contributed by atoms with Gasteiger partial charge in [0.25, 0.3) is 10.0 Å². The minimum Gasteiger partial charge on any atom is -0.497 e. The standard InChI is InChI=1S/C26H25N3O4S/c1-33-22-14-12-20(13-15-22)16-18-27-25(30)19-29(34(31,32)23-9-3-2-4-10-23)24-11-5-7-21-8-6-17-28-26(21)24/h2-15,17H,16,18-19H2,1H3,(H,27,30). The fourth-order valence-electron chi connectivity index (χ4n) is 3.63. The lowest BCUT2D eigenvalue weighted by molar-refractivity contribution is -0.119. The van der Waals surface area contributed by atoms with E-state index in [1.807, 2.05) is 36.4 Å². The van der Waals surface area contributed by atoms with E-state index in [1.54, 1.807) is 49.7 Å². The van der Waals surface area contributed by atoms with Crippen LogP contribution < -0.4 is 14.4 Å². The molecule has 1 aromatic heterocycles. The molecule has 1 N–H and O–H groups in total. The summed E-state index contributed by atoms with van der Waals surface area (Å²) < 4.78 is 33.4. The van der Waals surface area contributed by atoms with Gasteiger partial charge in [-0.05, 0) is 48.4 Å². The van der Waals surface area contributed by atoms with Crippen LogP contribution in [-0.4, -0.2) is 39.5 Å². The molecular weight excluding hydrogens is 450 g/mol. The Morgan fingerprint density at radius 2 is 1.68 bits per heavy atom. The Labute approximate surface area is 199 Å². The Balaban J connectivity index is 1.57. The van der Waals surface area contributed by atoms with Gasteiger partial charge in [0.2, 0.25) is 5.91 Å². The lowest BCUT2D eigenvalue weighted by atomic mass is 10.1. The largest absolute Gasteiger partial charge is 0.497 e. The van der Waals surface area contributed by atoms with Gasteiger partial charge in [0.1, 0.15) is 12.3 Å². The van der Waals surface area contributed by atoms with Crippen molar-refractivity contribution in [3.8, 4) is 5.75 Å². The van der Waals surface area contributed by atoms with Gasteiger partial charge in [-0.2, -0.15) is 0 Å². The minimum absolute atomic E-state index is 0.106. The van der Waals surface area contributed by atoms with Gasteiger partial charge in [-0.3, -0.25) is 14.1 Å². The minimum atomic E-state index is -4.01. The number of aromatic nitrogens is 1. The number of anilines is 1. The second kappa shape index (κ2) is 10.4. The van der Waals surface area contributed by atoms with E-state index in [4.69, 9.17) is 4.74 Å². The number of para-hydroxylation sites is 1. The number of ether oxygens (including phenoxy) is 1. The Morgan fingerprint density at radius 1 is 0.941 bits per heavy atom. The van der Waals surface area contributed by atoms with Gasteiger partial charge in [-0.1, -0.05) is 48.5 Å². The van der Waals surface area contributed by atoms with Crippen LogP contribution in [0.3, 0.4) is 0 Å². The van der Waals surface area contributed by atoms with Gasteiger partial charge in [-0.15, -0.1) is 0 Å². The van der Waals surface area contributed by atoms with E-state index in [0.717, 1.165) is 21.0 Å². The van der Waals surface area contributed by atoms with Crippen LogP contribution in [0.5, 0.6) is 5.75 Å². The summed E-state index contributed by atoms with van der Waals surface area (Å²) in [6, 6.07) is 24.6. The molecule has 1 amide bonds. The molecule has 4 aromatic rings. The van der Waals surface area contributed by atoms with Crippen LogP contribution in [0.25, 0.3) is 10.9 Å². The quantitative estimate of drug-likeness (QED) is 0.398. The first-order valence-electron chi connectivity index (χ1n) is 10.8. The highest BCUT2D eigenvalue weighted by Gasteiger charge is 2.28. The summed E-state index contributed by atoms with van der Waals surface area (Å²) in [5, 5.41) is 3.62. The summed E-state index contributed by atoms with van der Waals surface area (Å²) in [6.07, 6.45) is 2.21. The number of carbonyl (C=O) groups excluding carboxylic acids is 1. The number of nitrogens with zero attached hydrogens (tertiary/aromatic N) is 2. The maximum Gasteiger partial charge on any atom is 0.264 e. The van der Waals surface area contributed by atoms with E-state index in [-0.39, 0.29) is 11.4 Å². The SMILES string of the molecule is COc1ccc(CCNC(=O)CN(c2cccc3cccnc23)S(=O)(=O)c2ccccc2)cc1. The Kier molecular flexibility index (Phi) is 7.08. The highest BCUT2D eigenvalue weighted by Crippen LogP contribution is 2.29. The average molecular weight is 476 g/mol. The molecule has 0 radical (unpaired) electrons. The third kappa shape index (κ3) is 5.18. The first-order valence-corrected chi connectivity index (χ1v) is 12.2. The molecule has 0 aliphatic rings. The molecule has 34 heavy (non-hydrogen) atoms. The highest BCUT2D eigenvalue weighted by molar-refractivity contribution is 7.92. The third-order valence-electron chi connectivity index (χ3n) is 5.39. The number of hydrogen-bond acceptors (Lipinski definition) is 5. The molecule has 3 aromatic carbocycles. The molecule has 0 saturated carbocycles. The monoisotopic (exact) mass is 475 g/mol. The molecule has 174 valence electrons. The van der Waals surface area contributed by atoms with Crippen LogP contribution >= 0.6 is 0 Å². The van der Waals surface area contributed by atoms with Gasteiger partial charge in [0.05, 0.1) is 23.2 Å². The predicted molar refractivity (Wildman–Crippen MR) is 132 cm³/mol. The molecule has 4 rings (SSSR count). The van der Waals surface area contributed by atoms with Crippen molar-refractivity contribution < 1.29 is 17.9 Å². The van der Waals surface area contributed by atoms with Crippen molar-refractivity contribution >= 4 is 32.5 Å². The lowest BCUT2D eigenvalue weighted by Gasteiger charge is -2.25. The van der Waals surface area contributed by atoms with E-state index < -0.39 is 15.9 Å². The van der Waals surface area contributed by atoms with Gasteiger partial charge >= 0.3 is 0 Å². The van der Waals surface area contributed by atoms with E-state index in [2.05, 4.69) is 10.3 Å². The smallest absolute Gasteiger partial charge is 0.264 e. The Bertz CT molecular complexity index is 1370. The molecule has 0 fully saturated rings. The number of rotatable bonds is 9. The van der Waals surface area contributed by atoms with Crippen molar-refractivity contribution in [2.45, 2.75) is 11.3 Å². The highest BCUT2D eigenvalue weighted by atomic mass is 32.2. The first kappa shape index (κ1) is 23.3. The summed E-state index contributed by atoms with van der Waals surface area (Å²) in [5.74, 6) is 0.360. The fraction of sp³-hybridized carbons (Fsp3) is 0.154. The molecule has 0 aliphatic carbocycles. The number of nitrogens with one attached hydrogen (secondary N) is 1. The summed E-state index contributed by atoms with van der Waals surface area (Å²) in [4.78, 5) is 17.4. The summed E-state index contributed by atoms with van der Waals surface area (Å²) >= 11 is 0. The van der Waals surface area contributed by atoms with Crippen LogP contribution in [0.4, 0.5) is 5.69 Å². The van der Waals surface area contributed by atoms with Crippen molar-refractivity contribution in [1.29, 1.82) is 0 Å². The van der Waals surface area contributed by atoms with E-state index in [1.165, 1.54) is 12.1 Å². The van der Waals surface area contributed by atoms with Crippen LogP contribution in [0, 0.1) is 0 Å². The zero-order valence-corrected chi connectivity index (χ0v) is 19.5. The molecule has 1 heterocycles. The Hall–Kier alpha value is -3.91. The molecule has 0 aliphatic heterocycles. The van der Waals surface area contributed by atoms with Gasteiger partial charge < -0.3 is 10.1 Å². The summed E-state index contributed by atoms with van der Waals surface area (Å²) in [5.41, 5.74) is 1.90. The molecule has 0 atom stereocenters. The zero-order valence-electron chi connectivity index (χ0n) is 18.7. The second-order valence-corrected chi connectivity index (χ2v) is 9.49. The first-order chi connectivity index (χ1) is 16.5. The number of amides is 1. The van der Waals surface area contributed by atoms with Crippen LogP contribution in [-0.2, 0) is 21.2 Å². The van der Waals surface area contributed by atoms with E-state index in [9.17, 15) is 13.2 Å². The number of methoxy groups -OCH3 is 1. The molecule has 0 spiro atoms. The number of carbonyl (C=O) groups is 1. The zero-order chi connectivity index (χ0) is 24.0. The maximum absolute atomic E-state index is 13.6. The number of benzene rings is 3. The number of pyridine rings is 1. The molecule has 0 unspecified atom stereocenters. The second-order valence-electron chi connectivity index (χ2n) is 7.63. The molecular formula is C26H25N3O4S. The predicted octanol–water partition coefficient (Wildman–Crippen LogP) is 3.80. The van der Waals surface area contributed by atoms with Crippen LogP contribution in [0.1, 0.15) is 5.56 Å². The van der Waals surface area contributed by atoms with Crippen molar-refractivity contribution in [3.63, 3.8) is 0 Å². The van der Waals surface area contributed by atoms with Crippen LogP contribution in [0.2, 0.25) is 0 Å². The number of fused-ring (bicyclic) bond motifs is 1. The fourth-order valence-corrected chi connectivity index (χ4v) is 5.08. The van der Waals surface area contributed by atoms with E-state index >= 15 is 0 Å². The topological polar surface area (TPSA) is 88.6 Å². The summed E-state index contributed by atoms with van der Waals surface area (Å²) in [7, 11) is -2.40. The van der Waals surface area contributed by atoms with Crippen molar-refractivity contribution in [3.05, 3.63) is 96.7 Å². The van der Waals surface area contributed by atoms with Crippen molar-refractivity contribution in [2.75, 3.05) is 24.5 Å². The third-order valence-corrected chi connectivity index (χ3v) is 7.17. The molecule has 7 nitrogen and oxygen atoms in total.